The van der Waals surface area contributed by atoms with Gasteiger partial charge in [0.2, 0.25) is 0 Å². The summed E-state index contributed by atoms with van der Waals surface area (Å²) in [6.07, 6.45) is -0.126. The third-order valence-corrected chi connectivity index (χ3v) is 5.70. The van der Waals surface area contributed by atoms with Crippen LogP contribution in [0.4, 0.5) is 5.69 Å². The Morgan fingerprint density at radius 3 is 2.53 bits per heavy atom. The Labute approximate surface area is 188 Å². The zero-order valence-electron chi connectivity index (χ0n) is 18.6. The molecule has 2 heterocycles. The Balaban J connectivity index is 1.46. The van der Waals surface area contributed by atoms with Crippen molar-refractivity contribution < 1.29 is 9.47 Å². The second-order valence-corrected chi connectivity index (χ2v) is 8.12. The fourth-order valence-electron chi connectivity index (χ4n) is 4.11. The first-order valence-corrected chi connectivity index (χ1v) is 11.0. The number of hydrogen-bond donors (Lipinski definition) is 1. The van der Waals surface area contributed by atoms with Crippen molar-refractivity contribution in [3.8, 4) is 22.8 Å². The van der Waals surface area contributed by atoms with Crippen molar-refractivity contribution in [2.24, 2.45) is 0 Å². The Morgan fingerprint density at radius 1 is 0.906 bits per heavy atom. The molecule has 162 valence electrons. The average molecular weight is 426 g/mol. The molecule has 1 N–H and O–H groups in total. The molecule has 1 aromatic heterocycles. The van der Waals surface area contributed by atoms with Crippen LogP contribution in [0.15, 0.2) is 72.8 Å². The number of aryl methyl sites for hydroxylation is 2. The van der Waals surface area contributed by atoms with Crippen LogP contribution in [0.25, 0.3) is 11.3 Å². The van der Waals surface area contributed by atoms with Crippen LogP contribution in [-0.2, 0) is 6.61 Å². The van der Waals surface area contributed by atoms with E-state index in [1.165, 1.54) is 5.56 Å². The lowest BCUT2D eigenvalue weighted by Crippen LogP contribution is -2.25. The molecule has 0 saturated heterocycles. The molecule has 0 radical (unpaired) electrons. The van der Waals surface area contributed by atoms with Crippen molar-refractivity contribution in [3.05, 3.63) is 95.2 Å². The maximum atomic E-state index is 6.12. The molecular formula is C27H27N3O2. The maximum absolute atomic E-state index is 6.12. The van der Waals surface area contributed by atoms with Gasteiger partial charge in [0.25, 0.3) is 0 Å². The molecule has 32 heavy (non-hydrogen) atoms. The molecule has 0 spiro atoms. The summed E-state index contributed by atoms with van der Waals surface area (Å²) < 4.78 is 14.1. The van der Waals surface area contributed by atoms with E-state index in [1.54, 1.807) is 0 Å². The van der Waals surface area contributed by atoms with Crippen molar-refractivity contribution in [2.45, 2.75) is 33.5 Å². The van der Waals surface area contributed by atoms with Gasteiger partial charge >= 0.3 is 0 Å². The quantitative estimate of drug-likeness (QED) is 0.404. The standard InChI is InChI=1S/C27H27N3O2/c1-4-31-26-16-21(13-14-25(26)32-17-20-11-9-18(2)10-12-20)27-28-23-8-6-5-7-22(23)24-15-19(3)29-30(24)27/h5-16,27-28H,4,17H2,1-3H3. The van der Waals surface area contributed by atoms with Gasteiger partial charge < -0.3 is 14.8 Å². The van der Waals surface area contributed by atoms with E-state index < -0.39 is 0 Å². The molecule has 0 fully saturated rings. The van der Waals surface area contributed by atoms with Gasteiger partial charge in [-0.3, -0.25) is 0 Å². The smallest absolute Gasteiger partial charge is 0.161 e. The van der Waals surface area contributed by atoms with E-state index in [-0.39, 0.29) is 6.17 Å². The third kappa shape index (κ3) is 3.82. The van der Waals surface area contributed by atoms with Gasteiger partial charge in [0.05, 0.1) is 18.0 Å². The summed E-state index contributed by atoms with van der Waals surface area (Å²) in [6.45, 7) is 7.16. The number of nitrogens with one attached hydrogen (secondary N) is 1. The molecular weight excluding hydrogens is 398 g/mol. The Bertz CT molecular complexity index is 1240. The van der Waals surface area contributed by atoms with Gasteiger partial charge in [0.15, 0.2) is 11.5 Å². The largest absolute Gasteiger partial charge is 0.490 e. The maximum Gasteiger partial charge on any atom is 0.161 e. The number of hydrogen-bond acceptors (Lipinski definition) is 4. The summed E-state index contributed by atoms with van der Waals surface area (Å²) in [5.41, 5.74) is 7.79. The highest BCUT2D eigenvalue weighted by Gasteiger charge is 2.27. The fraction of sp³-hybridized carbons (Fsp3) is 0.222. The van der Waals surface area contributed by atoms with Crippen molar-refractivity contribution in [1.82, 2.24) is 9.78 Å². The normalized spacial score (nSPS) is 14.3. The Kier molecular flexibility index (Phi) is 5.31. The summed E-state index contributed by atoms with van der Waals surface area (Å²) in [7, 11) is 0. The van der Waals surface area contributed by atoms with Crippen molar-refractivity contribution in [3.63, 3.8) is 0 Å². The average Bonchev–Trinajstić information content (AvgIpc) is 3.20. The van der Waals surface area contributed by atoms with Crippen molar-refractivity contribution in [1.29, 1.82) is 0 Å². The second kappa shape index (κ2) is 8.42. The van der Waals surface area contributed by atoms with Crippen molar-refractivity contribution in [2.75, 3.05) is 11.9 Å². The predicted molar refractivity (Wildman–Crippen MR) is 127 cm³/mol. The first kappa shape index (κ1) is 20.2. The number of fused-ring (bicyclic) bond motifs is 3. The highest BCUT2D eigenvalue weighted by Crippen LogP contribution is 2.40. The molecule has 0 amide bonds. The molecule has 5 rings (SSSR count). The minimum Gasteiger partial charge on any atom is -0.490 e. The van der Waals surface area contributed by atoms with Gasteiger partial charge in [0, 0.05) is 16.8 Å². The lowest BCUT2D eigenvalue weighted by atomic mass is 10.0. The number of rotatable bonds is 6. The zero-order valence-corrected chi connectivity index (χ0v) is 18.6. The lowest BCUT2D eigenvalue weighted by Gasteiger charge is -2.29. The second-order valence-electron chi connectivity index (χ2n) is 8.12. The Hall–Kier alpha value is -3.73. The van der Waals surface area contributed by atoms with Crippen LogP contribution in [0.3, 0.4) is 0 Å². The molecule has 1 unspecified atom stereocenters. The third-order valence-electron chi connectivity index (χ3n) is 5.70. The topological polar surface area (TPSA) is 48.3 Å². The molecule has 5 nitrogen and oxygen atoms in total. The summed E-state index contributed by atoms with van der Waals surface area (Å²) in [4.78, 5) is 0. The van der Waals surface area contributed by atoms with Crippen molar-refractivity contribution >= 4 is 5.69 Å². The van der Waals surface area contributed by atoms with Crippen LogP contribution in [-0.4, -0.2) is 16.4 Å². The molecule has 3 aromatic carbocycles. The van der Waals surface area contributed by atoms with E-state index in [0.717, 1.165) is 45.3 Å². The van der Waals surface area contributed by atoms with E-state index in [1.807, 2.05) is 19.9 Å². The van der Waals surface area contributed by atoms with Gasteiger partial charge in [-0.05, 0) is 50.6 Å². The van der Waals surface area contributed by atoms with Gasteiger partial charge in [0.1, 0.15) is 12.8 Å². The number of benzene rings is 3. The van der Waals surface area contributed by atoms with Crippen LogP contribution in [0.2, 0.25) is 0 Å². The van der Waals surface area contributed by atoms with Crippen LogP contribution in [0.1, 0.15) is 35.5 Å². The van der Waals surface area contributed by atoms with Crippen LogP contribution < -0.4 is 14.8 Å². The molecule has 1 aliphatic heterocycles. The predicted octanol–water partition coefficient (Wildman–Crippen LogP) is 6.12. The van der Waals surface area contributed by atoms with E-state index in [2.05, 4.69) is 83.7 Å². The minimum atomic E-state index is -0.126. The molecule has 0 saturated carbocycles. The van der Waals surface area contributed by atoms with E-state index in [9.17, 15) is 0 Å². The molecule has 1 aliphatic rings. The number of anilines is 1. The van der Waals surface area contributed by atoms with E-state index in [4.69, 9.17) is 14.6 Å². The fourth-order valence-corrected chi connectivity index (χ4v) is 4.11. The molecule has 0 aliphatic carbocycles. The van der Waals surface area contributed by atoms with Gasteiger partial charge in [-0.1, -0.05) is 54.1 Å². The lowest BCUT2D eigenvalue weighted by molar-refractivity contribution is 0.269. The van der Waals surface area contributed by atoms with Crippen LogP contribution in [0.5, 0.6) is 11.5 Å². The number of para-hydroxylation sites is 1. The summed E-state index contributed by atoms with van der Waals surface area (Å²) in [5, 5.41) is 8.41. The van der Waals surface area contributed by atoms with Gasteiger partial charge in [-0.2, -0.15) is 5.10 Å². The molecule has 4 aromatic rings. The first-order chi connectivity index (χ1) is 15.6. The zero-order chi connectivity index (χ0) is 22.1. The van der Waals surface area contributed by atoms with E-state index in [0.29, 0.717) is 13.2 Å². The number of ether oxygens (including phenoxy) is 2. The first-order valence-electron chi connectivity index (χ1n) is 11.0. The minimum absolute atomic E-state index is 0.126. The SMILES string of the molecule is CCOc1cc(C2Nc3ccccc3-c3cc(C)nn32)ccc1OCc1ccc(C)cc1. The highest BCUT2D eigenvalue weighted by atomic mass is 16.5. The summed E-state index contributed by atoms with van der Waals surface area (Å²) in [5.74, 6) is 1.48. The number of nitrogens with zero attached hydrogens (tertiary/aromatic N) is 2. The number of aromatic nitrogens is 2. The van der Waals surface area contributed by atoms with Gasteiger partial charge in [-0.25, -0.2) is 4.68 Å². The molecule has 5 heteroatoms. The summed E-state index contributed by atoms with van der Waals surface area (Å²) >= 11 is 0. The monoisotopic (exact) mass is 425 g/mol. The van der Waals surface area contributed by atoms with E-state index >= 15 is 0 Å². The molecule has 1 atom stereocenters. The van der Waals surface area contributed by atoms with Crippen LogP contribution >= 0.6 is 0 Å². The van der Waals surface area contributed by atoms with Crippen LogP contribution in [0, 0.1) is 13.8 Å². The molecule has 0 bridgehead atoms. The highest BCUT2D eigenvalue weighted by molar-refractivity contribution is 5.78. The Morgan fingerprint density at radius 2 is 1.72 bits per heavy atom. The summed E-state index contributed by atoms with van der Waals surface area (Å²) in [6, 6.07) is 25.0. The van der Waals surface area contributed by atoms with Gasteiger partial charge in [-0.15, -0.1) is 0 Å².